The molecule has 0 amide bonds. The van der Waals surface area contributed by atoms with Gasteiger partial charge in [0.1, 0.15) is 0 Å². The van der Waals surface area contributed by atoms with Crippen LogP contribution in [0.2, 0.25) is 0 Å². The van der Waals surface area contributed by atoms with E-state index in [1.807, 2.05) is 12.1 Å². The highest BCUT2D eigenvalue weighted by Gasteiger charge is 2.17. The predicted molar refractivity (Wildman–Crippen MR) is 61.1 cm³/mol. The Balaban J connectivity index is 2.26. The van der Waals surface area contributed by atoms with Crippen LogP contribution in [-0.2, 0) is 0 Å². The molecule has 1 aliphatic carbocycles. The van der Waals surface area contributed by atoms with Crippen molar-refractivity contribution in [2.75, 3.05) is 11.5 Å². The molecule has 0 atom stereocenters. The van der Waals surface area contributed by atoms with E-state index in [0.717, 1.165) is 11.4 Å². The molecular formula is C12H18N2. The Bertz CT molecular complexity index is 314. The third kappa shape index (κ3) is 1.69. The van der Waals surface area contributed by atoms with Gasteiger partial charge >= 0.3 is 0 Å². The maximum absolute atomic E-state index is 5.99. The molecular weight excluding hydrogens is 172 g/mol. The third-order valence-corrected chi connectivity index (χ3v) is 3.22. The first-order valence-electron chi connectivity index (χ1n) is 5.43. The average molecular weight is 190 g/mol. The lowest BCUT2D eigenvalue weighted by molar-refractivity contribution is 0.444. The van der Waals surface area contributed by atoms with Gasteiger partial charge in [-0.25, -0.2) is 0 Å². The van der Waals surface area contributed by atoms with Crippen LogP contribution in [0.25, 0.3) is 0 Å². The van der Waals surface area contributed by atoms with Gasteiger partial charge in [0.25, 0.3) is 0 Å². The van der Waals surface area contributed by atoms with E-state index < -0.39 is 0 Å². The number of nitrogen functional groups attached to an aromatic ring is 2. The van der Waals surface area contributed by atoms with Crippen LogP contribution < -0.4 is 11.5 Å². The van der Waals surface area contributed by atoms with Crippen molar-refractivity contribution >= 4 is 11.4 Å². The molecule has 1 aliphatic rings. The molecule has 76 valence electrons. The van der Waals surface area contributed by atoms with Crippen molar-refractivity contribution in [1.82, 2.24) is 0 Å². The summed E-state index contributed by atoms with van der Waals surface area (Å²) in [5.74, 6) is 0.646. The Hall–Kier alpha value is -1.18. The van der Waals surface area contributed by atoms with E-state index in [0.29, 0.717) is 5.92 Å². The van der Waals surface area contributed by atoms with Crippen molar-refractivity contribution < 1.29 is 0 Å². The zero-order valence-electron chi connectivity index (χ0n) is 8.50. The lowest BCUT2D eigenvalue weighted by atomic mass is 9.83. The molecule has 0 bridgehead atoms. The van der Waals surface area contributed by atoms with Crippen LogP contribution in [-0.4, -0.2) is 0 Å². The average Bonchev–Trinajstić information content (AvgIpc) is 2.23. The molecule has 0 radical (unpaired) electrons. The molecule has 0 saturated heterocycles. The number of hydrogen-bond acceptors (Lipinski definition) is 2. The van der Waals surface area contributed by atoms with Crippen LogP contribution in [0.15, 0.2) is 18.2 Å². The van der Waals surface area contributed by atoms with Gasteiger partial charge in [0.2, 0.25) is 0 Å². The minimum Gasteiger partial charge on any atom is -0.397 e. The maximum atomic E-state index is 5.99. The lowest BCUT2D eigenvalue weighted by Crippen LogP contribution is -2.08. The van der Waals surface area contributed by atoms with Crippen LogP contribution >= 0.6 is 0 Å². The number of anilines is 2. The molecule has 4 N–H and O–H groups in total. The van der Waals surface area contributed by atoms with Crippen molar-refractivity contribution in [3.05, 3.63) is 23.8 Å². The lowest BCUT2D eigenvalue weighted by Gasteiger charge is -2.23. The molecule has 1 fully saturated rings. The highest BCUT2D eigenvalue weighted by Crippen LogP contribution is 2.36. The van der Waals surface area contributed by atoms with Crippen molar-refractivity contribution in [2.24, 2.45) is 0 Å². The summed E-state index contributed by atoms with van der Waals surface area (Å²) in [7, 11) is 0. The summed E-state index contributed by atoms with van der Waals surface area (Å²) in [6.07, 6.45) is 6.58. The van der Waals surface area contributed by atoms with Gasteiger partial charge in [-0.15, -0.1) is 0 Å². The summed E-state index contributed by atoms with van der Waals surface area (Å²) in [5.41, 5.74) is 14.6. The fraction of sp³-hybridized carbons (Fsp3) is 0.500. The summed E-state index contributed by atoms with van der Waals surface area (Å²) in [5, 5.41) is 0. The molecule has 2 heteroatoms. The number of para-hydroxylation sites is 1. The normalized spacial score (nSPS) is 18.3. The van der Waals surface area contributed by atoms with Crippen LogP contribution in [0.3, 0.4) is 0 Å². The van der Waals surface area contributed by atoms with Gasteiger partial charge in [0, 0.05) is 0 Å². The highest BCUT2D eigenvalue weighted by atomic mass is 14.7. The Morgan fingerprint density at radius 3 is 2.43 bits per heavy atom. The second-order valence-corrected chi connectivity index (χ2v) is 4.19. The third-order valence-electron chi connectivity index (χ3n) is 3.22. The smallest absolute Gasteiger partial charge is 0.0583 e. The zero-order valence-corrected chi connectivity index (χ0v) is 8.50. The van der Waals surface area contributed by atoms with Gasteiger partial charge in [-0.1, -0.05) is 31.4 Å². The van der Waals surface area contributed by atoms with Gasteiger partial charge in [-0.3, -0.25) is 0 Å². The molecule has 0 unspecified atom stereocenters. The maximum Gasteiger partial charge on any atom is 0.0583 e. The van der Waals surface area contributed by atoms with Crippen molar-refractivity contribution in [3.8, 4) is 0 Å². The summed E-state index contributed by atoms with van der Waals surface area (Å²) in [4.78, 5) is 0. The van der Waals surface area contributed by atoms with Gasteiger partial charge in [0.05, 0.1) is 11.4 Å². The molecule has 1 saturated carbocycles. The Kier molecular flexibility index (Phi) is 2.62. The van der Waals surface area contributed by atoms with Gasteiger partial charge in [-0.05, 0) is 30.4 Å². The Labute approximate surface area is 85.3 Å². The summed E-state index contributed by atoms with van der Waals surface area (Å²) in [6, 6.07) is 6.01. The van der Waals surface area contributed by atoms with E-state index in [1.54, 1.807) is 0 Å². The molecule has 0 aromatic heterocycles. The first-order valence-corrected chi connectivity index (χ1v) is 5.43. The molecule has 2 rings (SSSR count). The minimum atomic E-state index is 0.646. The second-order valence-electron chi connectivity index (χ2n) is 4.19. The Morgan fingerprint density at radius 2 is 1.71 bits per heavy atom. The van der Waals surface area contributed by atoms with Gasteiger partial charge < -0.3 is 11.5 Å². The van der Waals surface area contributed by atoms with Crippen molar-refractivity contribution in [2.45, 2.75) is 38.0 Å². The molecule has 14 heavy (non-hydrogen) atoms. The van der Waals surface area contributed by atoms with E-state index in [4.69, 9.17) is 11.5 Å². The van der Waals surface area contributed by atoms with Crippen molar-refractivity contribution in [1.29, 1.82) is 0 Å². The van der Waals surface area contributed by atoms with E-state index in [1.165, 1.54) is 37.7 Å². The van der Waals surface area contributed by atoms with Crippen LogP contribution in [0.5, 0.6) is 0 Å². The van der Waals surface area contributed by atoms with E-state index >= 15 is 0 Å². The van der Waals surface area contributed by atoms with Gasteiger partial charge in [-0.2, -0.15) is 0 Å². The molecule has 0 spiro atoms. The van der Waals surface area contributed by atoms with E-state index in [9.17, 15) is 0 Å². The predicted octanol–water partition coefficient (Wildman–Crippen LogP) is 2.90. The monoisotopic (exact) mass is 190 g/mol. The van der Waals surface area contributed by atoms with E-state index in [-0.39, 0.29) is 0 Å². The zero-order chi connectivity index (χ0) is 9.97. The quantitative estimate of drug-likeness (QED) is 0.669. The number of benzene rings is 1. The first kappa shape index (κ1) is 9.38. The first-order chi connectivity index (χ1) is 6.79. The van der Waals surface area contributed by atoms with Gasteiger partial charge in [0.15, 0.2) is 0 Å². The number of nitrogens with two attached hydrogens (primary N) is 2. The largest absolute Gasteiger partial charge is 0.397 e. The molecule has 0 heterocycles. The summed E-state index contributed by atoms with van der Waals surface area (Å²) < 4.78 is 0. The minimum absolute atomic E-state index is 0.646. The second kappa shape index (κ2) is 3.91. The van der Waals surface area contributed by atoms with Crippen LogP contribution in [0.4, 0.5) is 11.4 Å². The fourth-order valence-electron chi connectivity index (χ4n) is 2.37. The van der Waals surface area contributed by atoms with Crippen LogP contribution in [0.1, 0.15) is 43.6 Å². The molecule has 2 nitrogen and oxygen atoms in total. The topological polar surface area (TPSA) is 52.0 Å². The van der Waals surface area contributed by atoms with Crippen LogP contribution in [0, 0.1) is 0 Å². The summed E-state index contributed by atoms with van der Waals surface area (Å²) in [6.45, 7) is 0. The Morgan fingerprint density at radius 1 is 1.00 bits per heavy atom. The number of hydrogen-bond donors (Lipinski definition) is 2. The highest BCUT2D eigenvalue weighted by molar-refractivity contribution is 5.68. The number of rotatable bonds is 1. The standard InChI is InChI=1S/C12H18N2/c13-11-8-4-7-10(12(11)14)9-5-2-1-3-6-9/h4,7-9H,1-3,5-6,13-14H2. The SMILES string of the molecule is Nc1cccc(C2CCCCC2)c1N. The molecule has 0 aliphatic heterocycles. The molecule has 1 aromatic rings. The summed E-state index contributed by atoms with van der Waals surface area (Å²) >= 11 is 0. The van der Waals surface area contributed by atoms with E-state index in [2.05, 4.69) is 6.07 Å². The molecule has 1 aromatic carbocycles. The fourth-order valence-corrected chi connectivity index (χ4v) is 2.37. The van der Waals surface area contributed by atoms with Crippen molar-refractivity contribution in [3.63, 3.8) is 0 Å².